The lowest BCUT2D eigenvalue weighted by atomic mass is 10.1. The van der Waals surface area contributed by atoms with Gasteiger partial charge in [-0.3, -0.25) is 0 Å². The van der Waals surface area contributed by atoms with Crippen LogP contribution < -0.4 is 0 Å². The SMILES string of the molecule is ClCCC=C(Cl)C(CCCl)C(Cl)(Cl)Cl. The van der Waals surface area contributed by atoms with Gasteiger partial charge in [-0.15, -0.1) is 23.2 Å². The minimum absolute atomic E-state index is 0.366. The molecule has 0 spiro atoms. The van der Waals surface area contributed by atoms with Crippen molar-refractivity contribution in [2.45, 2.75) is 16.6 Å². The van der Waals surface area contributed by atoms with Crippen molar-refractivity contribution >= 4 is 69.6 Å². The third kappa shape index (κ3) is 6.15. The summed E-state index contributed by atoms with van der Waals surface area (Å²) in [5.74, 6) is 0.516. The number of allylic oxidation sites excluding steroid dienone is 2. The van der Waals surface area contributed by atoms with Crippen LogP contribution in [0.4, 0.5) is 0 Å². The summed E-state index contributed by atoms with van der Waals surface area (Å²) in [6.07, 6.45) is 2.93. The van der Waals surface area contributed by atoms with Crippen molar-refractivity contribution in [2.24, 2.45) is 5.92 Å². The van der Waals surface area contributed by atoms with Gasteiger partial charge in [0.05, 0.1) is 0 Å². The Morgan fingerprint density at radius 3 is 2.07 bits per heavy atom. The Labute approximate surface area is 114 Å². The van der Waals surface area contributed by atoms with Crippen LogP contribution in [0.5, 0.6) is 0 Å². The number of halogens is 6. The number of hydrogen-bond acceptors (Lipinski definition) is 0. The molecule has 0 rings (SSSR count). The van der Waals surface area contributed by atoms with Gasteiger partial charge in [0.1, 0.15) is 0 Å². The Morgan fingerprint density at radius 1 is 1.14 bits per heavy atom. The Morgan fingerprint density at radius 2 is 1.71 bits per heavy atom. The molecule has 84 valence electrons. The molecule has 0 saturated carbocycles. The molecular weight excluding hydrogens is 309 g/mol. The summed E-state index contributed by atoms with van der Waals surface area (Å²) >= 11 is 34.4. The van der Waals surface area contributed by atoms with Crippen molar-refractivity contribution in [2.75, 3.05) is 11.8 Å². The van der Waals surface area contributed by atoms with Crippen LogP contribution in [-0.4, -0.2) is 15.6 Å². The highest BCUT2D eigenvalue weighted by molar-refractivity contribution is 6.68. The molecule has 6 heteroatoms. The van der Waals surface area contributed by atoms with Gasteiger partial charge >= 0.3 is 0 Å². The Bertz CT molecular complexity index is 183. The van der Waals surface area contributed by atoms with Gasteiger partial charge in [0.2, 0.25) is 0 Å². The summed E-state index contributed by atoms with van der Waals surface area (Å²) in [5.41, 5.74) is 0. The molecule has 0 fully saturated rings. The van der Waals surface area contributed by atoms with Crippen molar-refractivity contribution in [1.82, 2.24) is 0 Å². The zero-order valence-electron chi connectivity index (χ0n) is 7.25. The largest absolute Gasteiger partial charge is 0.198 e. The lowest BCUT2D eigenvalue weighted by Crippen LogP contribution is -2.20. The molecule has 0 aromatic rings. The predicted molar refractivity (Wildman–Crippen MR) is 68.4 cm³/mol. The molecular formula is C8H10Cl6. The maximum absolute atomic E-state index is 5.98. The van der Waals surface area contributed by atoms with E-state index in [0.29, 0.717) is 29.6 Å². The van der Waals surface area contributed by atoms with E-state index in [4.69, 9.17) is 69.6 Å². The quantitative estimate of drug-likeness (QED) is 0.599. The number of hydrogen-bond donors (Lipinski definition) is 0. The molecule has 0 N–H and O–H groups in total. The molecule has 0 aliphatic heterocycles. The van der Waals surface area contributed by atoms with Crippen molar-refractivity contribution in [3.05, 3.63) is 11.1 Å². The van der Waals surface area contributed by atoms with Gasteiger partial charge in [0.15, 0.2) is 3.79 Å². The summed E-state index contributed by atoms with van der Waals surface area (Å²) in [5, 5.41) is 0.506. The highest BCUT2D eigenvalue weighted by Gasteiger charge is 2.34. The van der Waals surface area contributed by atoms with E-state index in [1.807, 2.05) is 0 Å². The fourth-order valence-electron chi connectivity index (χ4n) is 0.902. The summed E-state index contributed by atoms with van der Waals surface area (Å²) in [6.45, 7) is 0. The van der Waals surface area contributed by atoms with Gasteiger partial charge in [-0.25, -0.2) is 0 Å². The summed E-state index contributed by atoms with van der Waals surface area (Å²) < 4.78 is -1.42. The molecule has 1 unspecified atom stereocenters. The monoisotopic (exact) mass is 316 g/mol. The number of alkyl halides is 5. The second-order valence-electron chi connectivity index (χ2n) is 2.64. The maximum Gasteiger partial charge on any atom is 0.198 e. The lowest BCUT2D eigenvalue weighted by Gasteiger charge is -2.23. The van der Waals surface area contributed by atoms with Crippen molar-refractivity contribution < 1.29 is 0 Å². The Kier molecular flexibility index (Phi) is 8.52. The second kappa shape index (κ2) is 7.70. The van der Waals surface area contributed by atoms with Gasteiger partial charge in [-0.05, 0) is 12.8 Å². The average molecular weight is 319 g/mol. The van der Waals surface area contributed by atoms with Crippen LogP contribution in [-0.2, 0) is 0 Å². The van der Waals surface area contributed by atoms with E-state index in [1.54, 1.807) is 6.08 Å². The fourth-order valence-corrected chi connectivity index (χ4v) is 2.46. The molecule has 0 aliphatic rings. The van der Waals surface area contributed by atoms with Crippen molar-refractivity contribution in [1.29, 1.82) is 0 Å². The van der Waals surface area contributed by atoms with Gasteiger partial charge in [0, 0.05) is 22.7 Å². The fraction of sp³-hybridized carbons (Fsp3) is 0.750. The molecule has 0 aliphatic carbocycles. The molecule has 0 heterocycles. The third-order valence-corrected chi connectivity index (χ3v) is 3.22. The van der Waals surface area contributed by atoms with Crippen LogP contribution in [0, 0.1) is 5.92 Å². The summed E-state index contributed by atoms with van der Waals surface area (Å²) in [7, 11) is 0. The molecule has 0 aromatic carbocycles. The van der Waals surface area contributed by atoms with Crippen LogP contribution in [0.15, 0.2) is 11.1 Å². The van der Waals surface area contributed by atoms with Gasteiger partial charge in [-0.1, -0.05) is 52.5 Å². The van der Waals surface area contributed by atoms with Crippen LogP contribution in [0.3, 0.4) is 0 Å². The molecule has 1 atom stereocenters. The third-order valence-electron chi connectivity index (χ3n) is 1.57. The van der Waals surface area contributed by atoms with Crippen LogP contribution >= 0.6 is 69.6 Å². The topological polar surface area (TPSA) is 0 Å². The maximum atomic E-state index is 5.98. The molecule has 0 bridgehead atoms. The van der Waals surface area contributed by atoms with E-state index in [9.17, 15) is 0 Å². The first-order valence-electron chi connectivity index (χ1n) is 3.97. The van der Waals surface area contributed by atoms with Gasteiger partial charge in [0.25, 0.3) is 0 Å². The van der Waals surface area contributed by atoms with Gasteiger partial charge in [-0.2, -0.15) is 0 Å². The van der Waals surface area contributed by atoms with E-state index in [2.05, 4.69) is 0 Å². The average Bonchev–Trinajstić information content (AvgIpc) is 2.08. The normalized spacial score (nSPS) is 15.7. The van der Waals surface area contributed by atoms with Crippen LogP contribution in [0.1, 0.15) is 12.8 Å². The van der Waals surface area contributed by atoms with Crippen molar-refractivity contribution in [3.63, 3.8) is 0 Å². The summed E-state index contributed by atoms with van der Waals surface area (Å²) in [4.78, 5) is 0. The zero-order valence-corrected chi connectivity index (χ0v) is 11.8. The highest BCUT2D eigenvalue weighted by atomic mass is 35.6. The van der Waals surface area contributed by atoms with Crippen LogP contribution in [0.25, 0.3) is 0 Å². The minimum atomic E-state index is -1.42. The standard InChI is InChI=1S/C8H10Cl6/c9-4-1-2-7(11)6(3-5-10)8(12,13)14/h2,6H,1,3-5H2. The lowest BCUT2D eigenvalue weighted by molar-refractivity contribution is 0.632. The molecule has 0 aromatic heterocycles. The first-order valence-corrected chi connectivity index (χ1v) is 6.55. The molecule has 0 radical (unpaired) electrons. The second-order valence-corrected chi connectivity index (χ2v) is 6.20. The van der Waals surface area contributed by atoms with E-state index >= 15 is 0 Å². The smallest absolute Gasteiger partial charge is 0.127 e. The highest BCUT2D eigenvalue weighted by Crippen LogP contribution is 2.42. The summed E-state index contributed by atoms with van der Waals surface area (Å²) in [6, 6.07) is 0. The first kappa shape index (κ1) is 15.5. The molecule has 0 amide bonds. The zero-order chi connectivity index (χ0) is 11.2. The first-order chi connectivity index (χ1) is 6.43. The molecule has 0 nitrogen and oxygen atoms in total. The van der Waals surface area contributed by atoms with E-state index < -0.39 is 3.79 Å². The van der Waals surface area contributed by atoms with E-state index in [-0.39, 0.29) is 5.92 Å². The van der Waals surface area contributed by atoms with Crippen LogP contribution in [0.2, 0.25) is 0 Å². The Hall–Kier alpha value is 1.48. The minimum Gasteiger partial charge on any atom is -0.127 e. The van der Waals surface area contributed by atoms with E-state index in [1.165, 1.54) is 0 Å². The Balaban J connectivity index is 4.48. The molecule has 0 saturated heterocycles. The van der Waals surface area contributed by atoms with Crippen molar-refractivity contribution in [3.8, 4) is 0 Å². The number of rotatable bonds is 5. The van der Waals surface area contributed by atoms with Gasteiger partial charge < -0.3 is 0 Å². The van der Waals surface area contributed by atoms with E-state index in [0.717, 1.165) is 0 Å². The predicted octanol–water partition coefficient (Wildman–Crippen LogP) is 5.35. The molecule has 14 heavy (non-hydrogen) atoms.